The number of carbonyl (C=O) groups excluding carboxylic acids is 1. The lowest BCUT2D eigenvalue weighted by atomic mass is 9.72. The molecule has 2 saturated heterocycles. The number of likely N-dealkylation sites (tertiary alicyclic amines) is 2. The summed E-state index contributed by atoms with van der Waals surface area (Å²) < 4.78 is 0. The molecule has 5 heteroatoms. The summed E-state index contributed by atoms with van der Waals surface area (Å²) in [5.41, 5.74) is 3.30. The van der Waals surface area contributed by atoms with Crippen LogP contribution in [0.5, 0.6) is 0 Å². The van der Waals surface area contributed by atoms with Crippen molar-refractivity contribution >= 4 is 5.91 Å². The molecule has 0 saturated carbocycles. The number of rotatable bonds is 5. The molecule has 2 fully saturated rings. The second-order valence-electron chi connectivity index (χ2n) is 8.47. The van der Waals surface area contributed by atoms with E-state index >= 15 is 0 Å². The highest BCUT2D eigenvalue weighted by molar-refractivity contribution is 5.77. The molecule has 1 aromatic heterocycles. The number of carbonyl (C=O) groups is 1. The van der Waals surface area contributed by atoms with Crippen LogP contribution in [0, 0.1) is 16.7 Å². The van der Waals surface area contributed by atoms with E-state index in [0.717, 1.165) is 64.1 Å². The molecular weight excluding hydrogens is 360 g/mol. The van der Waals surface area contributed by atoms with Crippen molar-refractivity contribution < 1.29 is 4.79 Å². The fourth-order valence-corrected chi connectivity index (χ4v) is 4.64. The smallest absolute Gasteiger partial charge is 0.222 e. The van der Waals surface area contributed by atoms with Gasteiger partial charge < -0.3 is 4.90 Å². The molecule has 0 aliphatic carbocycles. The highest BCUT2D eigenvalue weighted by Crippen LogP contribution is 2.40. The predicted molar refractivity (Wildman–Crippen MR) is 112 cm³/mol. The summed E-state index contributed by atoms with van der Waals surface area (Å²) in [5, 5.41) is 8.94. The minimum atomic E-state index is 0.277. The number of hydrogen-bond acceptors (Lipinski definition) is 4. The summed E-state index contributed by atoms with van der Waals surface area (Å²) in [4.78, 5) is 21.4. The Hall–Kier alpha value is -2.71. The van der Waals surface area contributed by atoms with Gasteiger partial charge in [-0.15, -0.1) is 0 Å². The second kappa shape index (κ2) is 8.75. The Morgan fingerprint density at radius 3 is 2.55 bits per heavy atom. The first-order chi connectivity index (χ1) is 14.2. The zero-order valence-corrected chi connectivity index (χ0v) is 16.9. The quantitative estimate of drug-likeness (QED) is 0.788. The molecule has 2 aliphatic rings. The van der Waals surface area contributed by atoms with Gasteiger partial charge in [0.15, 0.2) is 0 Å². The maximum Gasteiger partial charge on any atom is 0.222 e. The SMILES string of the molecule is N#Cc1ccc(CN2CCC3(CCC(=O)N(CCc4ccccn4)C3)CC2)cc1. The monoisotopic (exact) mass is 388 g/mol. The van der Waals surface area contributed by atoms with E-state index in [-0.39, 0.29) is 5.41 Å². The van der Waals surface area contributed by atoms with Crippen LogP contribution < -0.4 is 0 Å². The summed E-state index contributed by atoms with van der Waals surface area (Å²) >= 11 is 0. The number of aromatic nitrogens is 1. The molecule has 0 radical (unpaired) electrons. The third kappa shape index (κ3) is 4.83. The number of piperidine rings is 2. The highest BCUT2D eigenvalue weighted by Gasteiger charge is 2.40. The lowest BCUT2D eigenvalue weighted by Crippen LogP contribution is -2.51. The highest BCUT2D eigenvalue weighted by atomic mass is 16.2. The van der Waals surface area contributed by atoms with Gasteiger partial charge in [-0.25, -0.2) is 0 Å². The van der Waals surface area contributed by atoms with Crippen LogP contribution in [0.25, 0.3) is 0 Å². The molecule has 0 N–H and O–H groups in total. The van der Waals surface area contributed by atoms with Gasteiger partial charge in [0.25, 0.3) is 0 Å². The van der Waals surface area contributed by atoms with Crippen molar-refractivity contribution in [3.8, 4) is 6.07 Å². The van der Waals surface area contributed by atoms with Gasteiger partial charge in [0.2, 0.25) is 5.91 Å². The zero-order chi connectivity index (χ0) is 20.1. The molecule has 1 amide bonds. The van der Waals surface area contributed by atoms with E-state index in [0.29, 0.717) is 17.9 Å². The minimum absolute atomic E-state index is 0.277. The molecule has 4 rings (SSSR count). The number of hydrogen-bond donors (Lipinski definition) is 0. The van der Waals surface area contributed by atoms with Crippen LogP contribution in [0.15, 0.2) is 48.7 Å². The van der Waals surface area contributed by atoms with Crippen molar-refractivity contribution in [3.05, 3.63) is 65.5 Å². The van der Waals surface area contributed by atoms with E-state index in [9.17, 15) is 4.79 Å². The van der Waals surface area contributed by atoms with Crippen molar-refractivity contribution in [1.82, 2.24) is 14.8 Å². The largest absolute Gasteiger partial charge is 0.342 e. The third-order valence-corrected chi connectivity index (χ3v) is 6.52. The third-order valence-electron chi connectivity index (χ3n) is 6.52. The molecule has 0 unspecified atom stereocenters. The Morgan fingerprint density at radius 1 is 1.07 bits per heavy atom. The zero-order valence-electron chi connectivity index (χ0n) is 16.9. The molecule has 1 spiro atoms. The van der Waals surface area contributed by atoms with Crippen LogP contribution >= 0.6 is 0 Å². The van der Waals surface area contributed by atoms with Crippen molar-refractivity contribution in [3.63, 3.8) is 0 Å². The van der Waals surface area contributed by atoms with Crippen molar-refractivity contribution in [2.24, 2.45) is 5.41 Å². The fourth-order valence-electron chi connectivity index (χ4n) is 4.64. The van der Waals surface area contributed by atoms with E-state index in [4.69, 9.17) is 5.26 Å². The first-order valence-electron chi connectivity index (χ1n) is 10.5. The molecule has 2 aliphatic heterocycles. The maximum atomic E-state index is 12.5. The molecule has 2 aromatic rings. The minimum Gasteiger partial charge on any atom is -0.342 e. The molecule has 0 atom stereocenters. The van der Waals surface area contributed by atoms with Crippen LogP contribution in [-0.2, 0) is 17.8 Å². The van der Waals surface area contributed by atoms with E-state index in [1.165, 1.54) is 5.56 Å². The molecule has 29 heavy (non-hydrogen) atoms. The van der Waals surface area contributed by atoms with Crippen LogP contribution in [0.4, 0.5) is 0 Å². The Morgan fingerprint density at radius 2 is 1.86 bits per heavy atom. The fraction of sp³-hybridized carbons (Fsp3) is 0.458. The maximum absolute atomic E-state index is 12.5. The number of benzene rings is 1. The summed E-state index contributed by atoms with van der Waals surface area (Å²) in [6.07, 6.45) is 6.65. The van der Waals surface area contributed by atoms with Gasteiger partial charge >= 0.3 is 0 Å². The number of nitrogens with zero attached hydrogens (tertiary/aromatic N) is 4. The normalized spacial score (nSPS) is 19.3. The first kappa shape index (κ1) is 19.6. The van der Waals surface area contributed by atoms with E-state index in [2.05, 4.69) is 33.0 Å². The molecular formula is C24H28N4O. The average Bonchev–Trinajstić information content (AvgIpc) is 2.77. The van der Waals surface area contributed by atoms with Crippen LogP contribution in [0.1, 0.15) is 42.5 Å². The van der Waals surface area contributed by atoms with E-state index in [1.807, 2.05) is 36.5 Å². The first-order valence-corrected chi connectivity index (χ1v) is 10.5. The van der Waals surface area contributed by atoms with Crippen molar-refractivity contribution in [2.45, 2.75) is 38.6 Å². The Kier molecular flexibility index (Phi) is 5.92. The average molecular weight is 389 g/mol. The van der Waals surface area contributed by atoms with Gasteiger partial charge in [0.05, 0.1) is 11.6 Å². The summed E-state index contributed by atoms with van der Waals surface area (Å²) in [6.45, 7) is 4.74. The summed E-state index contributed by atoms with van der Waals surface area (Å²) in [5.74, 6) is 0.298. The standard InChI is InChI=1S/C24H28N4O/c25-17-20-4-6-21(7-5-20)18-27-15-11-24(12-16-27)10-8-23(29)28(19-24)14-9-22-3-1-2-13-26-22/h1-7,13H,8-12,14-16,18-19H2. The van der Waals surface area contributed by atoms with Gasteiger partial charge in [0, 0.05) is 44.4 Å². The van der Waals surface area contributed by atoms with Crippen LogP contribution in [-0.4, -0.2) is 46.9 Å². The van der Waals surface area contributed by atoms with Crippen LogP contribution in [0.3, 0.4) is 0 Å². The van der Waals surface area contributed by atoms with Gasteiger partial charge in [0.1, 0.15) is 0 Å². The molecule has 3 heterocycles. The van der Waals surface area contributed by atoms with Crippen molar-refractivity contribution in [2.75, 3.05) is 26.2 Å². The molecule has 5 nitrogen and oxygen atoms in total. The number of nitriles is 1. The molecule has 0 bridgehead atoms. The summed E-state index contributed by atoms with van der Waals surface area (Å²) in [7, 11) is 0. The van der Waals surface area contributed by atoms with Gasteiger partial charge in [-0.05, 0) is 67.6 Å². The Bertz CT molecular complexity index is 864. The Balaban J connectivity index is 1.31. The lowest BCUT2D eigenvalue weighted by molar-refractivity contribution is -0.139. The van der Waals surface area contributed by atoms with E-state index in [1.54, 1.807) is 0 Å². The van der Waals surface area contributed by atoms with Crippen LogP contribution in [0.2, 0.25) is 0 Å². The number of pyridine rings is 1. The molecule has 150 valence electrons. The lowest BCUT2D eigenvalue weighted by Gasteiger charge is -2.47. The predicted octanol–water partition coefficient (Wildman–Crippen LogP) is 3.40. The van der Waals surface area contributed by atoms with Gasteiger partial charge in [-0.2, -0.15) is 5.26 Å². The van der Waals surface area contributed by atoms with Gasteiger partial charge in [-0.3, -0.25) is 14.7 Å². The van der Waals surface area contributed by atoms with E-state index < -0.39 is 0 Å². The topological polar surface area (TPSA) is 60.2 Å². The van der Waals surface area contributed by atoms with Crippen molar-refractivity contribution in [1.29, 1.82) is 5.26 Å². The molecule has 1 aromatic carbocycles. The Labute approximate surface area is 173 Å². The van der Waals surface area contributed by atoms with Gasteiger partial charge in [-0.1, -0.05) is 18.2 Å². The number of amides is 1. The summed E-state index contributed by atoms with van der Waals surface area (Å²) in [6, 6.07) is 16.0. The second-order valence-corrected chi connectivity index (χ2v) is 8.47.